The van der Waals surface area contributed by atoms with E-state index in [9.17, 15) is 4.79 Å². The number of fused-ring (bicyclic) bond motifs is 1. The van der Waals surface area contributed by atoms with E-state index in [1.807, 2.05) is 6.07 Å². The molecule has 0 radical (unpaired) electrons. The Bertz CT molecular complexity index is 520. The molecule has 3 atom stereocenters. The zero-order valence-corrected chi connectivity index (χ0v) is 12.9. The molecule has 2 aliphatic rings. The number of benzene rings is 1. The highest BCUT2D eigenvalue weighted by Crippen LogP contribution is 2.24. The molecule has 1 aromatic rings. The smallest absolute Gasteiger partial charge is 0.279 e. The quantitative estimate of drug-likeness (QED) is 0.864. The zero-order valence-electron chi connectivity index (χ0n) is 12.9. The van der Waals surface area contributed by atoms with Crippen LogP contribution in [-0.4, -0.2) is 37.7 Å². The molecular formula is C17H25N2O2+. The molecule has 4 nitrogen and oxygen atoms in total. The second kappa shape index (κ2) is 6.16. The van der Waals surface area contributed by atoms with E-state index in [1.54, 1.807) is 0 Å². The fourth-order valence-corrected chi connectivity index (χ4v) is 3.62. The van der Waals surface area contributed by atoms with Gasteiger partial charge in [0.1, 0.15) is 25.3 Å². The van der Waals surface area contributed by atoms with E-state index in [2.05, 4.69) is 31.3 Å². The van der Waals surface area contributed by atoms with Crippen LogP contribution in [0.4, 0.5) is 5.69 Å². The van der Waals surface area contributed by atoms with Crippen molar-refractivity contribution in [2.75, 3.05) is 25.0 Å². The first-order chi connectivity index (χ1) is 10.1. The molecule has 0 aromatic heterocycles. The number of hydrogen-bond acceptors (Lipinski definition) is 2. The Kier molecular flexibility index (Phi) is 4.27. The Labute approximate surface area is 126 Å². The van der Waals surface area contributed by atoms with Crippen LogP contribution in [0.2, 0.25) is 0 Å². The fourth-order valence-electron chi connectivity index (χ4n) is 3.62. The van der Waals surface area contributed by atoms with Crippen molar-refractivity contribution in [3.8, 4) is 0 Å². The first-order valence-corrected chi connectivity index (χ1v) is 8.01. The number of rotatable bonds is 3. The lowest BCUT2D eigenvalue weighted by Crippen LogP contribution is -3.16. The van der Waals surface area contributed by atoms with Crippen LogP contribution in [0.1, 0.15) is 31.4 Å². The molecule has 0 saturated carbocycles. The van der Waals surface area contributed by atoms with Crippen LogP contribution in [0.3, 0.4) is 0 Å². The summed E-state index contributed by atoms with van der Waals surface area (Å²) in [5.41, 5.74) is 3.78. The first kappa shape index (κ1) is 14.5. The number of carbonyl (C=O) groups excluding carboxylic acids is 1. The molecule has 114 valence electrons. The third-order valence-corrected chi connectivity index (χ3v) is 4.41. The second-order valence-corrected chi connectivity index (χ2v) is 6.48. The number of morpholine rings is 1. The lowest BCUT2D eigenvalue weighted by molar-refractivity contribution is -0.907. The summed E-state index contributed by atoms with van der Waals surface area (Å²) in [6, 6.07) is 6.33. The van der Waals surface area contributed by atoms with Gasteiger partial charge in [-0.2, -0.15) is 0 Å². The summed E-state index contributed by atoms with van der Waals surface area (Å²) in [7, 11) is 0. The summed E-state index contributed by atoms with van der Waals surface area (Å²) >= 11 is 0. The highest BCUT2D eigenvalue weighted by atomic mass is 16.5. The van der Waals surface area contributed by atoms with Crippen molar-refractivity contribution in [2.45, 2.75) is 45.3 Å². The van der Waals surface area contributed by atoms with Crippen molar-refractivity contribution < 1.29 is 14.4 Å². The number of carbonyl (C=O) groups is 1. The van der Waals surface area contributed by atoms with E-state index in [4.69, 9.17) is 4.74 Å². The minimum Gasteiger partial charge on any atom is -0.364 e. The number of anilines is 1. The summed E-state index contributed by atoms with van der Waals surface area (Å²) in [6.07, 6.45) is 4.02. The summed E-state index contributed by atoms with van der Waals surface area (Å²) < 4.78 is 5.71. The number of hydrogen-bond donors (Lipinski definition) is 2. The molecule has 4 heteroatoms. The summed E-state index contributed by atoms with van der Waals surface area (Å²) in [6.45, 7) is 6.49. The van der Waals surface area contributed by atoms with Gasteiger partial charge in [0.05, 0.1) is 0 Å². The molecule has 0 bridgehead atoms. The van der Waals surface area contributed by atoms with Gasteiger partial charge in [0, 0.05) is 5.69 Å². The van der Waals surface area contributed by atoms with Crippen molar-refractivity contribution in [1.29, 1.82) is 0 Å². The minimum atomic E-state index is 0.101. The largest absolute Gasteiger partial charge is 0.364 e. The highest BCUT2D eigenvalue weighted by molar-refractivity contribution is 5.91. The number of quaternary nitrogens is 1. The van der Waals surface area contributed by atoms with Crippen LogP contribution in [-0.2, 0) is 22.4 Å². The monoisotopic (exact) mass is 289 g/mol. The van der Waals surface area contributed by atoms with E-state index < -0.39 is 0 Å². The van der Waals surface area contributed by atoms with Gasteiger partial charge < -0.3 is 15.0 Å². The van der Waals surface area contributed by atoms with Gasteiger partial charge in [-0.15, -0.1) is 0 Å². The Morgan fingerprint density at radius 3 is 2.71 bits per heavy atom. The average molecular weight is 289 g/mol. The average Bonchev–Trinajstić information content (AvgIpc) is 2.84. The second-order valence-electron chi connectivity index (χ2n) is 6.48. The summed E-state index contributed by atoms with van der Waals surface area (Å²) in [5.74, 6) is 0.101. The fraction of sp³-hybridized carbons (Fsp3) is 0.588. The van der Waals surface area contributed by atoms with Gasteiger partial charge in [-0.3, -0.25) is 4.79 Å². The molecular weight excluding hydrogens is 264 g/mol. The molecule has 1 aliphatic heterocycles. The number of aryl methyl sites for hydroxylation is 2. The number of nitrogens with one attached hydrogen (secondary N) is 2. The van der Waals surface area contributed by atoms with Crippen molar-refractivity contribution in [3.05, 3.63) is 29.3 Å². The molecule has 1 amide bonds. The predicted octanol–water partition coefficient (Wildman–Crippen LogP) is 0.806. The summed E-state index contributed by atoms with van der Waals surface area (Å²) in [5, 5.41) is 3.05. The molecule has 2 N–H and O–H groups in total. The maximum absolute atomic E-state index is 12.2. The molecule has 1 saturated heterocycles. The third-order valence-electron chi connectivity index (χ3n) is 4.41. The van der Waals surface area contributed by atoms with Crippen molar-refractivity contribution >= 4 is 11.6 Å². The molecule has 1 fully saturated rings. The van der Waals surface area contributed by atoms with Gasteiger partial charge in [-0.25, -0.2) is 0 Å². The van der Waals surface area contributed by atoms with Gasteiger partial charge in [0.2, 0.25) is 0 Å². The maximum atomic E-state index is 12.2. The van der Waals surface area contributed by atoms with Crippen molar-refractivity contribution in [2.24, 2.45) is 0 Å². The molecule has 21 heavy (non-hydrogen) atoms. The van der Waals surface area contributed by atoms with E-state index in [0.717, 1.165) is 25.2 Å². The molecule has 1 unspecified atom stereocenters. The Morgan fingerprint density at radius 1 is 1.24 bits per heavy atom. The standard InChI is InChI=1S/C17H24N2O2/c1-12-9-19(10-13(2)21-12)11-17(20)18-16-7-6-14-4-3-5-15(14)8-16/h6-8,12-13H,3-5,9-11H2,1-2H3,(H,18,20)/p+1/t12-,13+. The van der Waals surface area contributed by atoms with Crippen LogP contribution >= 0.6 is 0 Å². The molecule has 1 aromatic carbocycles. The highest BCUT2D eigenvalue weighted by Gasteiger charge is 2.27. The molecule has 1 heterocycles. The maximum Gasteiger partial charge on any atom is 0.279 e. The van der Waals surface area contributed by atoms with Gasteiger partial charge in [-0.05, 0) is 56.4 Å². The van der Waals surface area contributed by atoms with Gasteiger partial charge in [0.15, 0.2) is 6.54 Å². The molecule has 3 rings (SSSR count). The van der Waals surface area contributed by atoms with Crippen molar-refractivity contribution in [1.82, 2.24) is 0 Å². The van der Waals surface area contributed by atoms with E-state index in [0.29, 0.717) is 6.54 Å². The summed E-state index contributed by atoms with van der Waals surface area (Å²) in [4.78, 5) is 13.5. The van der Waals surface area contributed by atoms with Gasteiger partial charge in [-0.1, -0.05) is 6.07 Å². The molecule has 0 spiro atoms. The van der Waals surface area contributed by atoms with E-state index >= 15 is 0 Å². The SMILES string of the molecule is C[C@@H]1C[NH+](CC(=O)Nc2ccc3c(c2)CCC3)C[C@H](C)O1. The molecule has 1 aliphatic carbocycles. The topological polar surface area (TPSA) is 42.8 Å². The van der Waals surface area contributed by atoms with Crippen molar-refractivity contribution in [3.63, 3.8) is 0 Å². The van der Waals surface area contributed by atoms with Crippen LogP contribution in [0.15, 0.2) is 18.2 Å². The number of amides is 1. The van der Waals surface area contributed by atoms with E-state index in [1.165, 1.54) is 28.9 Å². The Balaban J connectivity index is 1.56. The lowest BCUT2D eigenvalue weighted by atomic mass is 10.1. The normalized spacial score (nSPS) is 28.2. The third kappa shape index (κ3) is 3.63. The van der Waals surface area contributed by atoms with Crippen LogP contribution in [0.5, 0.6) is 0 Å². The van der Waals surface area contributed by atoms with Crippen LogP contribution in [0, 0.1) is 0 Å². The van der Waals surface area contributed by atoms with Gasteiger partial charge in [0.25, 0.3) is 5.91 Å². The zero-order chi connectivity index (χ0) is 14.8. The Morgan fingerprint density at radius 2 is 1.95 bits per heavy atom. The lowest BCUT2D eigenvalue weighted by Gasteiger charge is -2.31. The van der Waals surface area contributed by atoms with Gasteiger partial charge >= 0.3 is 0 Å². The Hall–Kier alpha value is -1.39. The minimum absolute atomic E-state index is 0.101. The van der Waals surface area contributed by atoms with Crippen LogP contribution in [0.25, 0.3) is 0 Å². The first-order valence-electron chi connectivity index (χ1n) is 8.01. The van der Waals surface area contributed by atoms with Crippen LogP contribution < -0.4 is 10.2 Å². The number of ether oxygens (including phenoxy) is 1. The predicted molar refractivity (Wildman–Crippen MR) is 82.7 cm³/mol. The van der Waals surface area contributed by atoms with E-state index in [-0.39, 0.29) is 18.1 Å².